The summed E-state index contributed by atoms with van der Waals surface area (Å²) >= 11 is 0. The first-order valence-corrected chi connectivity index (χ1v) is 8.98. The summed E-state index contributed by atoms with van der Waals surface area (Å²) in [6, 6.07) is 7.45. The second-order valence-corrected chi connectivity index (χ2v) is 7.16. The summed E-state index contributed by atoms with van der Waals surface area (Å²) < 4.78 is 29.6. The van der Waals surface area contributed by atoms with Gasteiger partial charge in [0.1, 0.15) is 0 Å². The van der Waals surface area contributed by atoms with Crippen molar-refractivity contribution in [2.24, 2.45) is 0 Å². The van der Waals surface area contributed by atoms with Gasteiger partial charge >= 0.3 is 0 Å². The largest absolute Gasteiger partial charge is 0.385 e. The highest BCUT2D eigenvalue weighted by molar-refractivity contribution is 7.88. The summed E-state index contributed by atoms with van der Waals surface area (Å²) in [5, 5.41) is 2.76. The number of aryl methyl sites for hydroxylation is 1. The number of amides is 1. The van der Waals surface area contributed by atoms with E-state index in [9.17, 15) is 13.2 Å². The summed E-state index contributed by atoms with van der Waals surface area (Å²) in [6.45, 7) is 2.97. The molecule has 0 fully saturated rings. The number of carbonyl (C=O) groups excluding carboxylic acids is 1. The van der Waals surface area contributed by atoms with Crippen LogP contribution in [0, 0.1) is 6.92 Å². The molecule has 22 heavy (non-hydrogen) atoms. The Morgan fingerprint density at radius 1 is 1.23 bits per heavy atom. The van der Waals surface area contributed by atoms with Gasteiger partial charge in [-0.15, -0.1) is 0 Å². The minimum atomic E-state index is -3.32. The van der Waals surface area contributed by atoms with E-state index in [4.69, 9.17) is 4.74 Å². The molecule has 0 radical (unpaired) electrons. The van der Waals surface area contributed by atoms with Crippen LogP contribution in [0.1, 0.15) is 18.4 Å². The van der Waals surface area contributed by atoms with Crippen molar-refractivity contribution in [1.29, 1.82) is 0 Å². The lowest BCUT2D eigenvalue weighted by molar-refractivity contribution is -0.116. The topological polar surface area (TPSA) is 75.7 Å². The summed E-state index contributed by atoms with van der Waals surface area (Å²) in [5.74, 6) is -0.204. The fourth-order valence-corrected chi connectivity index (χ4v) is 2.80. The van der Waals surface area contributed by atoms with E-state index in [2.05, 4.69) is 5.32 Å². The van der Waals surface area contributed by atoms with Crippen LogP contribution in [-0.4, -0.2) is 51.7 Å². The average Bonchev–Trinajstić information content (AvgIpc) is 2.44. The maximum Gasteiger partial charge on any atom is 0.225 e. The third kappa shape index (κ3) is 7.02. The fourth-order valence-electron chi connectivity index (χ4n) is 1.92. The quantitative estimate of drug-likeness (QED) is 0.699. The number of sulfonamides is 1. The number of anilines is 1. The standard InChI is InChI=1S/C15H24N2O4S/c1-13-5-7-14(8-6-13)16-15(18)9-11-17(22(3,19)20)10-4-12-21-2/h5-8H,4,9-12H2,1-3H3,(H,16,18). The molecule has 0 saturated heterocycles. The van der Waals surface area contributed by atoms with Gasteiger partial charge in [0.2, 0.25) is 15.9 Å². The molecular weight excluding hydrogens is 304 g/mol. The Labute approximate surface area is 132 Å². The highest BCUT2D eigenvalue weighted by Crippen LogP contribution is 2.09. The number of benzene rings is 1. The molecular formula is C15H24N2O4S. The Morgan fingerprint density at radius 2 is 1.86 bits per heavy atom. The van der Waals surface area contributed by atoms with Crippen molar-refractivity contribution in [1.82, 2.24) is 4.31 Å². The molecule has 0 aliphatic rings. The summed E-state index contributed by atoms with van der Waals surface area (Å²) in [4.78, 5) is 11.9. The predicted octanol–water partition coefficient (Wildman–Crippen LogP) is 1.62. The van der Waals surface area contributed by atoms with Crippen LogP contribution < -0.4 is 5.32 Å². The third-order valence-corrected chi connectivity index (χ3v) is 4.45. The van der Waals surface area contributed by atoms with Gasteiger partial charge in [0.05, 0.1) is 6.26 Å². The van der Waals surface area contributed by atoms with Gasteiger partial charge in [-0.3, -0.25) is 4.79 Å². The second-order valence-electron chi connectivity index (χ2n) is 5.17. The maximum atomic E-state index is 11.9. The molecule has 6 nitrogen and oxygen atoms in total. The number of nitrogens with one attached hydrogen (secondary N) is 1. The van der Waals surface area contributed by atoms with Crippen LogP contribution in [0.4, 0.5) is 5.69 Å². The van der Waals surface area contributed by atoms with E-state index in [1.54, 1.807) is 7.11 Å². The van der Waals surface area contributed by atoms with Gasteiger partial charge in [-0.25, -0.2) is 12.7 Å². The number of rotatable bonds is 9. The predicted molar refractivity (Wildman–Crippen MR) is 87.3 cm³/mol. The Hall–Kier alpha value is -1.44. The van der Waals surface area contributed by atoms with Gasteiger partial charge in [0, 0.05) is 38.9 Å². The van der Waals surface area contributed by atoms with Crippen molar-refractivity contribution in [3.05, 3.63) is 29.8 Å². The van der Waals surface area contributed by atoms with E-state index in [1.165, 1.54) is 4.31 Å². The normalized spacial score (nSPS) is 11.6. The van der Waals surface area contributed by atoms with Crippen molar-refractivity contribution in [3.63, 3.8) is 0 Å². The van der Waals surface area contributed by atoms with Crippen LogP contribution in [0.2, 0.25) is 0 Å². The SMILES string of the molecule is COCCCN(CCC(=O)Nc1ccc(C)cc1)S(C)(=O)=O. The van der Waals surface area contributed by atoms with E-state index in [-0.39, 0.29) is 18.9 Å². The summed E-state index contributed by atoms with van der Waals surface area (Å²) in [5.41, 5.74) is 1.82. The van der Waals surface area contributed by atoms with Crippen LogP contribution in [0.3, 0.4) is 0 Å². The molecule has 1 aromatic rings. The van der Waals surface area contributed by atoms with Gasteiger partial charge in [-0.2, -0.15) is 0 Å². The molecule has 1 N–H and O–H groups in total. The van der Waals surface area contributed by atoms with E-state index >= 15 is 0 Å². The van der Waals surface area contributed by atoms with E-state index in [1.807, 2.05) is 31.2 Å². The van der Waals surface area contributed by atoms with E-state index in [0.717, 1.165) is 11.8 Å². The molecule has 0 unspecified atom stereocenters. The van der Waals surface area contributed by atoms with Crippen LogP contribution in [0.5, 0.6) is 0 Å². The molecule has 0 aromatic heterocycles. The van der Waals surface area contributed by atoms with Gasteiger partial charge in [0.25, 0.3) is 0 Å². The summed E-state index contributed by atoms with van der Waals surface area (Å²) in [7, 11) is -1.75. The monoisotopic (exact) mass is 328 g/mol. The van der Waals surface area contributed by atoms with Crippen molar-refractivity contribution in [2.45, 2.75) is 19.8 Å². The van der Waals surface area contributed by atoms with Crippen LogP contribution in [0.15, 0.2) is 24.3 Å². The molecule has 1 rings (SSSR count). The Bertz CT molecular complexity index is 570. The fraction of sp³-hybridized carbons (Fsp3) is 0.533. The molecule has 1 aromatic carbocycles. The zero-order chi connectivity index (χ0) is 16.6. The first-order valence-electron chi connectivity index (χ1n) is 7.13. The van der Waals surface area contributed by atoms with Crippen molar-refractivity contribution in [2.75, 3.05) is 38.4 Å². The van der Waals surface area contributed by atoms with Crippen molar-refractivity contribution in [3.8, 4) is 0 Å². The zero-order valence-electron chi connectivity index (χ0n) is 13.3. The molecule has 124 valence electrons. The van der Waals surface area contributed by atoms with Crippen LogP contribution in [0.25, 0.3) is 0 Å². The first-order chi connectivity index (χ1) is 10.3. The highest BCUT2D eigenvalue weighted by Gasteiger charge is 2.17. The number of hydrogen-bond donors (Lipinski definition) is 1. The molecule has 1 amide bonds. The molecule has 0 aliphatic carbocycles. The van der Waals surface area contributed by atoms with E-state index < -0.39 is 10.0 Å². The molecule has 0 spiro atoms. The first kappa shape index (κ1) is 18.6. The van der Waals surface area contributed by atoms with Crippen molar-refractivity contribution >= 4 is 21.6 Å². The number of methoxy groups -OCH3 is 1. The number of carbonyl (C=O) groups is 1. The highest BCUT2D eigenvalue weighted by atomic mass is 32.2. The van der Waals surface area contributed by atoms with E-state index in [0.29, 0.717) is 25.3 Å². The number of nitrogens with zero attached hydrogens (tertiary/aromatic N) is 1. The number of ether oxygens (including phenoxy) is 1. The van der Waals surface area contributed by atoms with Gasteiger partial charge < -0.3 is 10.1 Å². The molecule has 0 saturated carbocycles. The molecule has 0 aliphatic heterocycles. The minimum Gasteiger partial charge on any atom is -0.385 e. The third-order valence-electron chi connectivity index (χ3n) is 3.15. The molecule has 7 heteroatoms. The maximum absolute atomic E-state index is 11.9. The lowest BCUT2D eigenvalue weighted by atomic mass is 10.2. The van der Waals surface area contributed by atoms with Crippen LogP contribution >= 0.6 is 0 Å². The van der Waals surface area contributed by atoms with Crippen LogP contribution in [-0.2, 0) is 19.6 Å². The van der Waals surface area contributed by atoms with Gasteiger partial charge in [-0.1, -0.05) is 17.7 Å². The summed E-state index contributed by atoms with van der Waals surface area (Å²) in [6.07, 6.45) is 1.87. The number of hydrogen-bond acceptors (Lipinski definition) is 4. The van der Waals surface area contributed by atoms with Crippen molar-refractivity contribution < 1.29 is 17.9 Å². The lowest BCUT2D eigenvalue weighted by Crippen LogP contribution is -2.34. The second kappa shape index (κ2) is 8.87. The average molecular weight is 328 g/mol. The Balaban J connectivity index is 2.49. The van der Waals surface area contributed by atoms with Gasteiger partial charge in [0.15, 0.2) is 0 Å². The van der Waals surface area contributed by atoms with Gasteiger partial charge in [-0.05, 0) is 25.5 Å². The minimum absolute atomic E-state index is 0.119. The zero-order valence-corrected chi connectivity index (χ0v) is 14.1. The lowest BCUT2D eigenvalue weighted by Gasteiger charge is -2.19. The molecule has 0 heterocycles. The molecule has 0 bridgehead atoms. The Morgan fingerprint density at radius 3 is 2.41 bits per heavy atom. The smallest absolute Gasteiger partial charge is 0.225 e. The Kier molecular flexibility index (Phi) is 7.50. The molecule has 0 atom stereocenters.